The lowest BCUT2D eigenvalue weighted by molar-refractivity contribution is -0.511. The molecule has 0 unspecified atom stereocenters. The molecule has 5 heterocycles. The Morgan fingerprint density at radius 1 is 0.537 bits per heavy atom. The van der Waals surface area contributed by atoms with E-state index in [1.165, 1.54) is 11.1 Å². The first-order valence-electron chi connectivity index (χ1n) is 23.2. The van der Waals surface area contributed by atoms with Crippen LogP contribution in [0, 0.1) is 20.2 Å². The van der Waals surface area contributed by atoms with Gasteiger partial charge in [0.25, 0.3) is 0 Å². The number of fused-ring (bicyclic) bond motifs is 17. The van der Waals surface area contributed by atoms with Gasteiger partial charge in [0.05, 0.1) is 27.8 Å². The molecule has 6 nitrogen and oxygen atoms in total. The molecule has 7 heteroatoms. The van der Waals surface area contributed by atoms with Crippen molar-refractivity contribution in [2.45, 2.75) is 40.0 Å². The van der Waals surface area contributed by atoms with E-state index in [1.807, 2.05) is 6.07 Å². The van der Waals surface area contributed by atoms with Gasteiger partial charge >= 0.3 is 6.98 Å². The summed E-state index contributed by atoms with van der Waals surface area (Å²) >= 11 is 0. The van der Waals surface area contributed by atoms with Crippen molar-refractivity contribution in [2.24, 2.45) is 0 Å². The van der Waals surface area contributed by atoms with Crippen molar-refractivity contribution in [3.63, 3.8) is 0 Å². The Morgan fingerprint density at radius 3 is 1.99 bits per heavy atom. The van der Waals surface area contributed by atoms with E-state index >= 15 is 0 Å². The zero-order valence-electron chi connectivity index (χ0n) is 38.1. The second-order valence-corrected chi connectivity index (χ2v) is 19.1. The number of pyridine rings is 1. The second kappa shape index (κ2) is 14.7. The van der Waals surface area contributed by atoms with Crippen LogP contribution in [0.25, 0.3) is 77.7 Å². The first-order valence-corrected chi connectivity index (χ1v) is 23.2. The molecule has 0 N–H and O–H groups in total. The Kier molecular flexibility index (Phi) is 8.59. The van der Waals surface area contributed by atoms with Crippen molar-refractivity contribution in [1.82, 2.24) is 14.1 Å². The maximum atomic E-state index is 6.85. The van der Waals surface area contributed by atoms with Crippen molar-refractivity contribution in [1.29, 1.82) is 0 Å². The number of anilines is 2. The molecule has 0 saturated carbocycles. The standard InChI is InChI=1S/C60H46BN5O/c1-38-17-13-18-39(2)58(38)66-56-34-41(60(3,4)5)33-55(62-56)65-52-29-12-11-25-48(52)49-32-31-44(36-54(49)65)67-43-22-14-21-42(35-43)63-37-64-59-51(28-16-30-53(59)63)47-24-10-9-23-46(47)50-27-15-26-45(57(50)61(64)66)40-19-7-6-8-20-40/h6-36H,1-5H3. The van der Waals surface area contributed by atoms with Crippen LogP contribution in [0.1, 0.15) is 37.5 Å². The summed E-state index contributed by atoms with van der Waals surface area (Å²) in [6.07, 6.45) is 4.08. The number of imidazole rings is 1. The van der Waals surface area contributed by atoms with Crippen LogP contribution < -0.4 is 19.5 Å². The Hall–Kier alpha value is -8.16. The first kappa shape index (κ1) is 39.2. The van der Waals surface area contributed by atoms with E-state index in [-0.39, 0.29) is 5.41 Å². The smallest absolute Gasteiger partial charge is 0.458 e. The van der Waals surface area contributed by atoms with Crippen LogP contribution in [0.5, 0.6) is 11.5 Å². The van der Waals surface area contributed by atoms with E-state index in [1.54, 1.807) is 0 Å². The number of hydrogen-bond acceptors (Lipinski definition) is 3. The third-order valence-electron chi connectivity index (χ3n) is 13.9. The number of benzene rings is 8. The predicted octanol–water partition coefficient (Wildman–Crippen LogP) is 13.6. The van der Waals surface area contributed by atoms with Crippen molar-refractivity contribution in [3.05, 3.63) is 211 Å². The highest BCUT2D eigenvalue weighted by Crippen LogP contribution is 2.43. The molecule has 0 saturated heterocycles. The van der Waals surface area contributed by atoms with E-state index in [9.17, 15) is 0 Å². The van der Waals surface area contributed by atoms with Crippen LogP contribution >= 0.6 is 0 Å². The van der Waals surface area contributed by atoms with Gasteiger partial charge in [0.15, 0.2) is 0 Å². The van der Waals surface area contributed by atoms with Gasteiger partial charge in [-0.1, -0.05) is 160 Å². The van der Waals surface area contributed by atoms with Crippen LogP contribution in [-0.4, -0.2) is 21.1 Å². The highest BCUT2D eigenvalue weighted by molar-refractivity contribution is 6.74. The molecule has 3 aromatic heterocycles. The highest BCUT2D eigenvalue weighted by Gasteiger charge is 2.44. The van der Waals surface area contributed by atoms with Crippen molar-refractivity contribution >= 4 is 56.8 Å². The average molecular weight is 864 g/mol. The molecule has 11 aromatic rings. The van der Waals surface area contributed by atoms with Gasteiger partial charge in [-0.15, -0.1) is 0 Å². The SMILES string of the molecule is Cc1cccc(C)c1N1B2c3c(-c4ccccc4)cccc3-c3ccccc3-c3cccc4c3[n+]2[c-]n4-c2cccc(c2)Oc2ccc3c4ccccc4n(c3c2)-c2cc(C(C)(C)C)cc1n2. The molecule has 0 fully saturated rings. The Bertz CT molecular complexity index is 3800. The van der Waals surface area contributed by atoms with E-state index in [4.69, 9.17) is 9.72 Å². The number of aromatic nitrogens is 4. The minimum atomic E-state index is -0.517. The molecule has 2 aliphatic rings. The Morgan fingerprint density at radius 2 is 1.16 bits per heavy atom. The quantitative estimate of drug-likeness (QED) is 0.128. The minimum Gasteiger partial charge on any atom is -0.458 e. The highest BCUT2D eigenvalue weighted by atomic mass is 16.5. The maximum absolute atomic E-state index is 6.85. The number of para-hydroxylation sites is 3. The van der Waals surface area contributed by atoms with Crippen LogP contribution in [0.3, 0.4) is 0 Å². The van der Waals surface area contributed by atoms with Crippen molar-refractivity contribution < 1.29 is 9.21 Å². The number of hydrogen-bond donors (Lipinski definition) is 0. The van der Waals surface area contributed by atoms with Gasteiger partial charge in [0.2, 0.25) is 6.33 Å². The Balaban J connectivity index is 1.28. The molecule has 2 aliphatic heterocycles. The number of ether oxygens (including phenoxy) is 1. The lowest BCUT2D eigenvalue weighted by Crippen LogP contribution is -2.68. The predicted molar refractivity (Wildman–Crippen MR) is 275 cm³/mol. The lowest BCUT2D eigenvalue weighted by Gasteiger charge is -2.36. The molecule has 0 atom stereocenters. The van der Waals surface area contributed by atoms with E-state index in [0.29, 0.717) is 0 Å². The first-order chi connectivity index (χ1) is 32.7. The summed E-state index contributed by atoms with van der Waals surface area (Å²) in [4.78, 5) is 8.48. The van der Waals surface area contributed by atoms with Gasteiger partial charge in [-0.25, -0.2) is 4.98 Å². The van der Waals surface area contributed by atoms with Gasteiger partial charge in [-0.2, -0.15) is 0 Å². The third-order valence-corrected chi connectivity index (χ3v) is 13.9. The summed E-state index contributed by atoms with van der Waals surface area (Å²) in [6.45, 7) is 10.9. The van der Waals surface area contributed by atoms with Gasteiger partial charge in [-0.3, -0.25) is 4.57 Å². The van der Waals surface area contributed by atoms with Gasteiger partial charge < -0.3 is 18.6 Å². The monoisotopic (exact) mass is 863 g/mol. The van der Waals surface area contributed by atoms with Crippen molar-refractivity contribution in [2.75, 3.05) is 4.81 Å². The molecule has 13 rings (SSSR count). The summed E-state index contributed by atoms with van der Waals surface area (Å²) < 4.78 is 13.8. The minimum absolute atomic E-state index is 0.245. The zero-order chi connectivity index (χ0) is 45.1. The van der Waals surface area contributed by atoms with Gasteiger partial charge in [0, 0.05) is 28.0 Å². The molecule has 67 heavy (non-hydrogen) atoms. The molecule has 320 valence electrons. The normalized spacial score (nSPS) is 12.9. The third kappa shape index (κ3) is 6.04. The fourth-order valence-electron chi connectivity index (χ4n) is 10.8. The van der Waals surface area contributed by atoms with Crippen LogP contribution in [-0.2, 0) is 5.41 Å². The van der Waals surface area contributed by atoms with Crippen LogP contribution in [0.2, 0.25) is 0 Å². The lowest BCUT2D eigenvalue weighted by atomic mass is 9.58. The van der Waals surface area contributed by atoms with E-state index < -0.39 is 6.98 Å². The van der Waals surface area contributed by atoms with E-state index in [2.05, 4.69) is 241 Å². The van der Waals surface area contributed by atoms with E-state index in [0.717, 1.165) is 112 Å². The summed E-state index contributed by atoms with van der Waals surface area (Å²) in [5, 5.41) is 2.29. The largest absolute Gasteiger partial charge is 0.526 e. The molecule has 0 amide bonds. The summed E-state index contributed by atoms with van der Waals surface area (Å²) in [5.41, 5.74) is 17.5. The fourth-order valence-corrected chi connectivity index (χ4v) is 10.8. The summed E-state index contributed by atoms with van der Waals surface area (Å²) in [5.74, 6) is 3.15. The Labute approximate surface area is 390 Å². The van der Waals surface area contributed by atoms with Gasteiger partial charge in [-0.05, 0) is 112 Å². The zero-order valence-corrected chi connectivity index (χ0v) is 38.1. The van der Waals surface area contributed by atoms with Crippen LogP contribution in [0.4, 0.5) is 11.5 Å². The topological polar surface area (TPSA) is 39.1 Å². The molecular weight excluding hydrogens is 818 g/mol. The summed E-state index contributed by atoms with van der Waals surface area (Å²) in [7, 11) is 0. The molecular formula is C60H46BN5O. The molecule has 8 aromatic carbocycles. The number of aryl methyl sites for hydroxylation is 2. The number of rotatable bonds is 2. The summed E-state index contributed by atoms with van der Waals surface area (Å²) in [6, 6.07) is 68.1. The van der Waals surface area contributed by atoms with Crippen molar-refractivity contribution in [3.8, 4) is 56.4 Å². The molecule has 8 bridgehead atoms. The molecule has 0 aliphatic carbocycles. The van der Waals surface area contributed by atoms with Gasteiger partial charge in [0.1, 0.15) is 23.1 Å². The maximum Gasteiger partial charge on any atom is 0.526 e. The average Bonchev–Trinajstić information content (AvgIpc) is 3.89. The second-order valence-electron chi connectivity index (χ2n) is 19.1. The molecule has 0 spiro atoms. The number of nitrogens with zero attached hydrogens (tertiary/aromatic N) is 5. The van der Waals surface area contributed by atoms with Crippen LogP contribution in [0.15, 0.2) is 188 Å². The fraction of sp³-hybridized carbons (Fsp3) is 0.100. The molecule has 0 radical (unpaired) electrons.